The van der Waals surface area contributed by atoms with Gasteiger partial charge in [0, 0.05) is 21.1 Å². The Bertz CT molecular complexity index is 762. The van der Waals surface area contributed by atoms with E-state index < -0.39 is 0 Å². The topological polar surface area (TPSA) is 0 Å². The van der Waals surface area contributed by atoms with Crippen LogP contribution in [-0.4, -0.2) is 0 Å². The Labute approximate surface area is 111 Å². The first-order valence-corrected chi connectivity index (χ1v) is 7.18. The summed E-state index contributed by atoms with van der Waals surface area (Å²) in [6.07, 6.45) is 0. The molecule has 18 heavy (non-hydrogen) atoms. The summed E-state index contributed by atoms with van der Waals surface area (Å²) in [5.74, 6) is 0. The average Bonchev–Trinajstić information content (AvgIpc) is 2.81. The van der Waals surface area contributed by atoms with E-state index in [0.29, 0.717) is 0 Å². The molecule has 0 nitrogen and oxygen atoms in total. The summed E-state index contributed by atoms with van der Waals surface area (Å²) in [7, 11) is 0. The smallest absolute Gasteiger partial charge is 0.0352 e. The molecular formula is C17H14S. The van der Waals surface area contributed by atoms with E-state index in [1.54, 1.807) is 0 Å². The lowest BCUT2D eigenvalue weighted by molar-refractivity contribution is 0.645. The predicted octanol–water partition coefficient (Wildman–Crippen LogP) is 5.21. The Morgan fingerprint density at radius 3 is 2.50 bits per heavy atom. The summed E-state index contributed by atoms with van der Waals surface area (Å²) >= 11 is 1.86. The van der Waals surface area contributed by atoms with E-state index in [2.05, 4.69) is 61.7 Å². The lowest BCUT2D eigenvalue weighted by Gasteiger charge is -2.33. The minimum absolute atomic E-state index is 0.101. The van der Waals surface area contributed by atoms with Crippen molar-refractivity contribution < 1.29 is 0 Å². The van der Waals surface area contributed by atoms with Gasteiger partial charge in [-0.05, 0) is 28.1 Å². The molecule has 1 heterocycles. The van der Waals surface area contributed by atoms with Gasteiger partial charge in [-0.3, -0.25) is 0 Å². The van der Waals surface area contributed by atoms with Gasteiger partial charge in [-0.15, -0.1) is 11.3 Å². The molecule has 2 aromatic carbocycles. The molecule has 88 valence electrons. The third kappa shape index (κ3) is 1.10. The second-order valence-corrected chi connectivity index (χ2v) is 6.41. The minimum Gasteiger partial charge on any atom is -0.143 e. The molecule has 1 aromatic heterocycles. The Morgan fingerprint density at radius 2 is 1.61 bits per heavy atom. The zero-order valence-electron chi connectivity index (χ0n) is 10.5. The van der Waals surface area contributed by atoms with Gasteiger partial charge in [0.25, 0.3) is 0 Å². The van der Waals surface area contributed by atoms with Crippen LogP contribution in [0.25, 0.3) is 21.2 Å². The van der Waals surface area contributed by atoms with Crippen LogP contribution in [0.4, 0.5) is 0 Å². The van der Waals surface area contributed by atoms with Crippen LogP contribution in [0.1, 0.15) is 25.0 Å². The molecule has 0 saturated carbocycles. The maximum Gasteiger partial charge on any atom is 0.0352 e. The maximum absolute atomic E-state index is 2.33. The Morgan fingerprint density at radius 1 is 0.833 bits per heavy atom. The monoisotopic (exact) mass is 250 g/mol. The fourth-order valence-electron chi connectivity index (χ4n) is 3.22. The van der Waals surface area contributed by atoms with Crippen molar-refractivity contribution in [1.29, 1.82) is 0 Å². The second-order valence-electron chi connectivity index (χ2n) is 5.50. The van der Waals surface area contributed by atoms with Crippen LogP contribution in [0.3, 0.4) is 0 Å². The highest BCUT2D eigenvalue weighted by atomic mass is 32.1. The largest absolute Gasteiger partial charge is 0.143 e. The molecule has 0 bridgehead atoms. The Kier molecular flexibility index (Phi) is 1.86. The number of hydrogen-bond acceptors (Lipinski definition) is 1. The molecular weight excluding hydrogens is 236 g/mol. The van der Waals surface area contributed by atoms with Crippen LogP contribution in [0.5, 0.6) is 0 Å². The molecule has 0 fully saturated rings. The number of hydrogen-bond donors (Lipinski definition) is 0. The van der Waals surface area contributed by atoms with Crippen molar-refractivity contribution in [2.45, 2.75) is 19.3 Å². The predicted molar refractivity (Wildman–Crippen MR) is 79.4 cm³/mol. The van der Waals surface area contributed by atoms with Crippen LogP contribution in [0, 0.1) is 0 Å². The number of benzene rings is 2. The van der Waals surface area contributed by atoms with E-state index in [4.69, 9.17) is 0 Å². The number of rotatable bonds is 0. The number of fused-ring (bicyclic) bond motifs is 2. The van der Waals surface area contributed by atoms with E-state index in [9.17, 15) is 0 Å². The molecule has 4 rings (SSSR count). The van der Waals surface area contributed by atoms with Crippen LogP contribution in [0.15, 0.2) is 47.8 Å². The molecule has 3 aromatic rings. The van der Waals surface area contributed by atoms with E-state index >= 15 is 0 Å². The summed E-state index contributed by atoms with van der Waals surface area (Å²) in [4.78, 5) is 0. The minimum atomic E-state index is 0.101. The van der Waals surface area contributed by atoms with Gasteiger partial charge in [-0.25, -0.2) is 0 Å². The molecule has 0 saturated heterocycles. The molecule has 0 amide bonds. The lowest BCUT2D eigenvalue weighted by atomic mass is 9.70. The van der Waals surface area contributed by atoms with E-state index in [-0.39, 0.29) is 5.41 Å². The molecule has 0 N–H and O–H groups in total. The fourth-order valence-corrected chi connectivity index (χ4v) is 4.20. The van der Waals surface area contributed by atoms with Crippen molar-refractivity contribution in [3.8, 4) is 11.1 Å². The van der Waals surface area contributed by atoms with Crippen LogP contribution in [-0.2, 0) is 5.41 Å². The fraction of sp³-hybridized carbons (Fsp3) is 0.176. The molecule has 0 atom stereocenters. The molecule has 0 unspecified atom stereocenters. The van der Waals surface area contributed by atoms with Crippen molar-refractivity contribution in [2.24, 2.45) is 0 Å². The number of thiophene rings is 1. The molecule has 0 spiro atoms. The lowest BCUT2D eigenvalue weighted by Crippen LogP contribution is -2.22. The van der Waals surface area contributed by atoms with Crippen molar-refractivity contribution >= 4 is 21.4 Å². The van der Waals surface area contributed by atoms with Crippen molar-refractivity contribution in [2.75, 3.05) is 0 Å². The summed E-state index contributed by atoms with van der Waals surface area (Å²) in [5, 5.41) is 3.77. The quantitative estimate of drug-likeness (QED) is 0.514. The van der Waals surface area contributed by atoms with Gasteiger partial charge in [-0.2, -0.15) is 0 Å². The zero-order valence-corrected chi connectivity index (χ0v) is 11.3. The standard InChI is InChI=1S/C17H14S/c1-17(2)13-7-4-3-6-11(13)12-10-18-15-9-5-8-14(17)16(12)15/h3-10H,1-2H3. The zero-order chi connectivity index (χ0) is 12.3. The van der Waals surface area contributed by atoms with Gasteiger partial charge < -0.3 is 0 Å². The summed E-state index contributed by atoms with van der Waals surface area (Å²) in [6.45, 7) is 4.67. The van der Waals surface area contributed by atoms with E-state index in [1.165, 1.54) is 32.3 Å². The highest BCUT2D eigenvalue weighted by molar-refractivity contribution is 7.17. The molecule has 0 radical (unpaired) electrons. The Balaban J connectivity index is 2.27. The second kappa shape index (κ2) is 3.24. The van der Waals surface area contributed by atoms with Crippen molar-refractivity contribution in [1.82, 2.24) is 0 Å². The van der Waals surface area contributed by atoms with Gasteiger partial charge in [0.15, 0.2) is 0 Å². The third-order valence-electron chi connectivity index (χ3n) is 4.16. The maximum atomic E-state index is 2.33. The SMILES string of the molecule is CC1(C)c2ccccc2-c2csc3cccc1c23. The highest BCUT2D eigenvalue weighted by Crippen LogP contribution is 2.50. The summed E-state index contributed by atoms with van der Waals surface area (Å²) in [6, 6.07) is 15.5. The Hall–Kier alpha value is -1.60. The molecule has 0 aliphatic heterocycles. The van der Waals surface area contributed by atoms with Gasteiger partial charge in [0.1, 0.15) is 0 Å². The van der Waals surface area contributed by atoms with Crippen LogP contribution in [0.2, 0.25) is 0 Å². The van der Waals surface area contributed by atoms with Crippen LogP contribution >= 0.6 is 11.3 Å². The third-order valence-corrected chi connectivity index (χ3v) is 5.11. The first-order chi connectivity index (χ1) is 8.69. The molecule has 1 aliphatic rings. The van der Waals surface area contributed by atoms with Gasteiger partial charge >= 0.3 is 0 Å². The first kappa shape index (κ1) is 10.3. The van der Waals surface area contributed by atoms with Gasteiger partial charge in [0.05, 0.1) is 0 Å². The van der Waals surface area contributed by atoms with Gasteiger partial charge in [-0.1, -0.05) is 50.2 Å². The normalized spacial score (nSPS) is 15.7. The van der Waals surface area contributed by atoms with E-state index in [1.807, 2.05) is 11.3 Å². The van der Waals surface area contributed by atoms with Crippen LogP contribution < -0.4 is 0 Å². The molecule has 1 heteroatoms. The summed E-state index contributed by atoms with van der Waals surface area (Å²) in [5.41, 5.74) is 5.84. The molecule has 1 aliphatic carbocycles. The highest BCUT2D eigenvalue weighted by Gasteiger charge is 2.33. The first-order valence-electron chi connectivity index (χ1n) is 6.30. The van der Waals surface area contributed by atoms with Gasteiger partial charge in [0.2, 0.25) is 0 Å². The van der Waals surface area contributed by atoms with Crippen molar-refractivity contribution in [3.63, 3.8) is 0 Å². The average molecular weight is 250 g/mol. The van der Waals surface area contributed by atoms with E-state index in [0.717, 1.165) is 0 Å². The van der Waals surface area contributed by atoms with Crippen molar-refractivity contribution in [3.05, 3.63) is 59.0 Å². The summed E-state index contributed by atoms with van der Waals surface area (Å²) < 4.78 is 1.41.